The van der Waals surface area contributed by atoms with E-state index in [4.69, 9.17) is 0 Å². The molecule has 35 heavy (non-hydrogen) atoms. The molecule has 1 aromatic carbocycles. The second kappa shape index (κ2) is 9.89. The van der Waals surface area contributed by atoms with Crippen LogP contribution in [0.1, 0.15) is 88.5 Å². The molecule has 5 aliphatic rings. The first-order chi connectivity index (χ1) is 16.9. The van der Waals surface area contributed by atoms with E-state index in [1.54, 1.807) is 0 Å². The summed E-state index contributed by atoms with van der Waals surface area (Å²) in [5.74, 6) is 0.573. The van der Waals surface area contributed by atoms with Crippen LogP contribution in [0.25, 0.3) is 0 Å². The fourth-order valence-corrected chi connectivity index (χ4v) is 6.88. The number of benzene rings is 1. The number of nitriles is 1. The van der Waals surface area contributed by atoms with Crippen molar-refractivity contribution in [1.29, 1.82) is 5.26 Å². The van der Waals surface area contributed by atoms with Gasteiger partial charge >= 0.3 is 0 Å². The molecule has 4 aliphatic carbocycles. The Morgan fingerprint density at radius 3 is 2.31 bits per heavy atom. The van der Waals surface area contributed by atoms with Gasteiger partial charge in [-0.1, -0.05) is 31.4 Å². The van der Waals surface area contributed by atoms with Crippen molar-refractivity contribution in [3.63, 3.8) is 0 Å². The fourth-order valence-electron chi connectivity index (χ4n) is 6.88. The molecule has 0 spiro atoms. The summed E-state index contributed by atoms with van der Waals surface area (Å²) in [4.78, 5) is 27.3. The topological polar surface area (TPSA) is 85.2 Å². The van der Waals surface area contributed by atoms with Gasteiger partial charge < -0.3 is 15.5 Å². The normalized spacial score (nSPS) is 32.9. The average Bonchev–Trinajstić information content (AvgIpc) is 3.30. The minimum Gasteiger partial charge on any atom is -0.326 e. The number of hydrogen-bond acceptors (Lipinski definition) is 4. The molecule has 188 valence electrons. The molecule has 2 N–H and O–H groups in total. The third-order valence-corrected chi connectivity index (χ3v) is 9.31. The number of nitrogens with one attached hydrogen (secondary N) is 2. The quantitative estimate of drug-likeness (QED) is 0.611. The maximum Gasteiger partial charge on any atom is 0.237 e. The average molecular weight is 481 g/mol. The highest BCUT2D eigenvalue weighted by molar-refractivity contribution is 5.95. The third kappa shape index (κ3) is 4.95. The molecule has 0 radical (unpaired) electrons. The molecule has 2 amide bonds. The zero-order chi connectivity index (χ0) is 24.5. The molecule has 6 rings (SSSR count). The summed E-state index contributed by atoms with van der Waals surface area (Å²) in [5, 5.41) is 15.8. The second-order valence-electron chi connectivity index (χ2n) is 11.3. The summed E-state index contributed by atoms with van der Waals surface area (Å²) < 4.78 is 13.7. The zero-order valence-electron chi connectivity index (χ0n) is 20.5. The minimum atomic E-state index is -1.12. The summed E-state index contributed by atoms with van der Waals surface area (Å²) in [5.41, 5.74) is 1.78. The van der Waals surface area contributed by atoms with Gasteiger partial charge in [0.15, 0.2) is 0 Å². The summed E-state index contributed by atoms with van der Waals surface area (Å²) in [7, 11) is 0. The predicted octanol–water partition coefficient (Wildman–Crippen LogP) is 4.82. The first kappa shape index (κ1) is 24.2. The number of carbonyl (C=O) groups excluding carboxylic acids is 2. The van der Waals surface area contributed by atoms with Crippen LogP contribution in [-0.4, -0.2) is 47.6 Å². The summed E-state index contributed by atoms with van der Waals surface area (Å²) in [6, 6.07) is 9.84. The number of nitrogens with zero attached hydrogens (tertiary/aromatic N) is 2. The maximum atomic E-state index is 13.7. The van der Waals surface area contributed by atoms with Gasteiger partial charge in [0.1, 0.15) is 12.2 Å². The van der Waals surface area contributed by atoms with Crippen molar-refractivity contribution in [3.8, 4) is 6.07 Å². The Kier molecular flexibility index (Phi) is 6.85. The number of amides is 2. The van der Waals surface area contributed by atoms with Crippen molar-refractivity contribution < 1.29 is 14.0 Å². The van der Waals surface area contributed by atoms with E-state index in [2.05, 4.69) is 34.9 Å². The molecule has 0 unspecified atom stereocenters. The van der Waals surface area contributed by atoms with Crippen LogP contribution in [-0.2, 0) is 9.59 Å². The van der Waals surface area contributed by atoms with Gasteiger partial charge in [-0.2, -0.15) is 5.26 Å². The Balaban J connectivity index is 1.13. The van der Waals surface area contributed by atoms with Crippen molar-refractivity contribution in [2.24, 2.45) is 5.41 Å². The Bertz CT molecular complexity index is 957. The summed E-state index contributed by atoms with van der Waals surface area (Å²) in [6.45, 7) is 0.133. The molecule has 1 aliphatic heterocycles. The number of likely N-dealkylation sites (tertiary alicyclic amines) is 1. The smallest absolute Gasteiger partial charge is 0.237 e. The molecule has 1 aromatic rings. The largest absolute Gasteiger partial charge is 0.326 e. The molecule has 6 nitrogen and oxygen atoms in total. The van der Waals surface area contributed by atoms with Crippen LogP contribution in [0.5, 0.6) is 0 Å². The SMILES string of the molecule is N#C[C@@H]1C[C@H](F)CN1C(=O)CNC12CCC(C(=O)Nc3ccc(C4CCCCC4)cc3)(CC1)CC2. The Labute approximate surface area is 207 Å². The molecule has 2 bridgehead atoms. The van der Waals surface area contributed by atoms with Crippen LogP contribution in [0.3, 0.4) is 0 Å². The van der Waals surface area contributed by atoms with Crippen molar-refractivity contribution in [2.45, 2.75) is 101 Å². The van der Waals surface area contributed by atoms with Crippen molar-refractivity contribution >= 4 is 17.5 Å². The van der Waals surface area contributed by atoms with Gasteiger partial charge in [-0.25, -0.2) is 4.39 Å². The van der Waals surface area contributed by atoms with Gasteiger partial charge in [-0.3, -0.25) is 9.59 Å². The lowest BCUT2D eigenvalue weighted by molar-refractivity contribution is -0.135. The summed E-state index contributed by atoms with van der Waals surface area (Å²) in [6.07, 6.45) is 10.5. The highest BCUT2D eigenvalue weighted by Crippen LogP contribution is 2.52. The van der Waals surface area contributed by atoms with Gasteiger partial charge in [0.2, 0.25) is 11.8 Å². The lowest BCUT2D eigenvalue weighted by atomic mass is 9.57. The van der Waals surface area contributed by atoms with Gasteiger partial charge in [0, 0.05) is 23.1 Å². The van der Waals surface area contributed by atoms with E-state index in [1.807, 2.05) is 6.07 Å². The Morgan fingerprint density at radius 2 is 1.69 bits per heavy atom. The van der Waals surface area contributed by atoms with Gasteiger partial charge in [-0.05, 0) is 75.0 Å². The lowest BCUT2D eigenvalue weighted by Gasteiger charge is -2.52. The number of halogens is 1. The highest BCUT2D eigenvalue weighted by atomic mass is 19.1. The monoisotopic (exact) mass is 480 g/mol. The Morgan fingerprint density at radius 1 is 1.03 bits per heavy atom. The molecule has 5 fully saturated rings. The first-order valence-electron chi connectivity index (χ1n) is 13.4. The van der Waals surface area contributed by atoms with Crippen molar-refractivity contribution in [2.75, 3.05) is 18.4 Å². The van der Waals surface area contributed by atoms with Crippen LogP contribution in [0.15, 0.2) is 24.3 Å². The van der Waals surface area contributed by atoms with E-state index < -0.39 is 12.2 Å². The molecule has 1 saturated heterocycles. The highest BCUT2D eigenvalue weighted by Gasteiger charge is 2.52. The van der Waals surface area contributed by atoms with Gasteiger partial charge in [0.05, 0.1) is 19.2 Å². The number of hydrogen-bond donors (Lipinski definition) is 2. The van der Waals surface area contributed by atoms with Crippen LogP contribution in [0, 0.1) is 16.7 Å². The van der Waals surface area contributed by atoms with Crippen LogP contribution < -0.4 is 10.6 Å². The van der Waals surface area contributed by atoms with E-state index in [0.717, 1.165) is 44.2 Å². The molecule has 0 aromatic heterocycles. The molecular weight excluding hydrogens is 443 g/mol. The zero-order valence-corrected chi connectivity index (χ0v) is 20.5. The van der Waals surface area contributed by atoms with Crippen LogP contribution >= 0.6 is 0 Å². The standard InChI is InChI=1S/C28H37FN4O2/c29-22-16-24(17-30)33(19-22)25(34)18-31-28-13-10-27(11-14-28,12-15-28)26(35)32-23-8-6-21(7-9-23)20-4-2-1-3-5-20/h6-9,20,22,24,31H,1-5,10-16,18-19H2,(H,32,35)/t22-,24-,27?,28?/m0/s1. The number of alkyl halides is 1. The minimum absolute atomic E-state index is 0.0106. The van der Waals surface area contributed by atoms with Crippen LogP contribution in [0.4, 0.5) is 10.1 Å². The van der Waals surface area contributed by atoms with Crippen molar-refractivity contribution in [1.82, 2.24) is 10.2 Å². The molecule has 4 saturated carbocycles. The van der Waals surface area contributed by atoms with E-state index in [9.17, 15) is 19.2 Å². The third-order valence-electron chi connectivity index (χ3n) is 9.31. The van der Waals surface area contributed by atoms with E-state index >= 15 is 0 Å². The number of carbonyl (C=O) groups is 2. The van der Waals surface area contributed by atoms with Gasteiger partial charge in [0.25, 0.3) is 0 Å². The fraction of sp³-hybridized carbons (Fsp3) is 0.679. The van der Waals surface area contributed by atoms with E-state index in [1.165, 1.54) is 42.6 Å². The number of rotatable bonds is 6. The second-order valence-corrected chi connectivity index (χ2v) is 11.3. The Hall–Kier alpha value is -2.46. The number of fused-ring (bicyclic) bond motifs is 3. The van der Waals surface area contributed by atoms with Gasteiger partial charge in [-0.15, -0.1) is 0 Å². The molecule has 2 atom stereocenters. The molecule has 1 heterocycles. The van der Waals surface area contributed by atoms with Crippen molar-refractivity contribution in [3.05, 3.63) is 29.8 Å². The number of anilines is 1. The first-order valence-corrected chi connectivity index (χ1v) is 13.4. The predicted molar refractivity (Wildman–Crippen MR) is 132 cm³/mol. The lowest BCUT2D eigenvalue weighted by Crippen LogP contribution is -2.59. The maximum absolute atomic E-state index is 13.7. The van der Waals surface area contributed by atoms with E-state index in [-0.39, 0.29) is 42.3 Å². The van der Waals surface area contributed by atoms with Crippen LogP contribution in [0.2, 0.25) is 0 Å². The summed E-state index contributed by atoms with van der Waals surface area (Å²) >= 11 is 0. The van der Waals surface area contributed by atoms with E-state index in [0.29, 0.717) is 5.92 Å². The molecular formula is C28H37FN4O2. The molecule has 7 heteroatoms.